The molecule has 1 heterocycles. The van der Waals surface area contributed by atoms with Gasteiger partial charge in [0.2, 0.25) is 0 Å². The summed E-state index contributed by atoms with van der Waals surface area (Å²) in [6.07, 6.45) is 1.22. The topological polar surface area (TPSA) is 26.7 Å². The molecule has 0 radical (unpaired) electrons. The van der Waals surface area contributed by atoms with E-state index in [9.17, 15) is 0 Å². The average molecular weight is 248 g/mol. The standard InChI is InChI=1S/C15H24N2O/c1-2-17(12-14-6-4-3-5-7-14)15-8-9-16(13-15)10-11-18/h3-7,15,18H,2,8-13H2,1H3. The van der Waals surface area contributed by atoms with Crippen LogP contribution in [0.15, 0.2) is 30.3 Å². The van der Waals surface area contributed by atoms with E-state index >= 15 is 0 Å². The summed E-state index contributed by atoms with van der Waals surface area (Å²) in [5.74, 6) is 0. The zero-order valence-electron chi connectivity index (χ0n) is 11.3. The molecule has 1 aliphatic heterocycles. The van der Waals surface area contributed by atoms with Gasteiger partial charge < -0.3 is 5.11 Å². The number of β-amino-alcohol motifs (C(OH)–C–C–N with tert-alkyl or cyclic N) is 1. The lowest BCUT2D eigenvalue weighted by Gasteiger charge is -2.27. The van der Waals surface area contributed by atoms with Gasteiger partial charge in [0, 0.05) is 25.7 Å². The van der Waals surface area contributed by atoms with Crippen molar-refractivity contribution in [2.24, 2.45) is 0 Å². The Morgan fingerprint density at radius 1 is 1.33 bits per heavy atom. The van der Waals surface area contributed by atoms with E-state index in [4.69, 9.17) is 5.11 Å². The zero-order chi connectivity index (χ0) is 12.8. The summed E-state index contributed by atoms with van der Waals surface area (Å²) in [5.41, 5.74) is 1.39. The second-order valence-electron chi connectivity index (χ2n) is 5.02. The van der Waals surface area contributed by atoms with Gasteiger partial charge in [-0.15, -0.1) is 0 Å². The molecule has 0 aliphatic carbocycles. The summed E-state index contributed by atoms with van der Waals surface area (Å²) < 4.78 is 0. The molecule has 0 amide bonds. The lowest BCUT2D eigenvalue weighted by Crippen LogP contribution is -2.37. The number of rotatable bonds is 6. The van der Waals surface area contributed by atoms with Gasteiger partial charge in [0.25, 0.3) is 0 Å². The largest absolute Gasteiger partial charge is 0.395 e. The Labute approximate surface area is 110 Å². The van der Waals surface area contributed by atoms with Crippen molar-refractivity contribution < 1.29 is 5.11 Å². The molecular weight excluding hydrogens is 224 g/mol. The van der Waals surface area contributed by atoms with Crippen LogP contribution in [0.25, 0.3) is 0 Å². The number of likely N-dealkylation sites (tertiary alicyclic amines) is 1. The van der Waals surface area contributed by atoms with Crippen molar-refractivity contribution >= 4 is 0 Å². The molecule has 1 aromatic rings. The molecule has 0 spiro atoms. The predicted molar refractivity (Wildman–Crippen MR) is 74.5 cm³/mol. The highest BCUT2D eigenvalue weighted by Crippen LogP contribution is 2.17. The fraction of sp³-hybridized carbons (Fsp3) is 0.600. The first-order chi connectivity index (χ1) is 8.83. The molecule has 2 rings (SSSR count). The van der Waals surface area contributed by atoms with E-state index in [0.29, 0.717) is 6.04 Å². The highest BCUT2D eigenvalue weighted by Gasteiger charge is 2.26. The van der Waals surface area contributed by atoms with E-state index in [1.54, 1.807) is 0 Å². The lowest BCUT2D eigenvalue weighted by molar-refractivity contribution is 0.178. The summed E-state index contributed by atoms with van der Waals surface area (Å²) in [6, 6.07) is 11.3. The van der Waals surface area contributed by atoms with Crippen molar-refractivity contribution in [2.75, 3.05) is 32.8 Å². The number of benzene rings is 1. The maximum Gasteiger partial charge on any atom is 0.0558 e. The lowest BCUT2D eigenvalue weighted by atomic mass is 10.1. The van der Waals surface area contributed by atoms with Crippen molar-refractivity contribution in [3.63, 3.8) is 0 Å². The van der Waals surface area contributed by atoms with Crippen molar-refractivity contribution in [1.82, 2.24) is 9.80 Å². The Balaban J connectivity index is 1.90. The third-order valence-electron chi connectivity index (χ3n) is 3.81. The molecule has 3 nitrogen and oxygen atoms in total. The van der Waals surface area contributed by atoms with Crippen molar-refractivity contribution in [3.05, 3.63) is 35.9 Å². The first-order valence-electron chi connectivity index (χ1n) is 6.94. The van der Waals surface area contributed by atoms with Gasteiger partial charge in [-0.25, -0.2) is 0 Å². The fourth-order valence-electron chi connectivity index (χ4n) is 2.77. The molecule has 3 heteroatoms. The summed E-state index contributed by atoms with van der Waals surface area (Å²) in [7, 11) is 0. The van der Waals surface area contributed by atoms with Crippen LogP contribution in [0.3, 0.4) is 0 Å². The Bertz CT molecular complexity index is 342. The second-order valence-corrected chi connectivity index (χ2v) is 5.02. The second kappa shape index (κ2) is 6.88. The third-order valence-corrected chi connectivity index (χ3v) is 3.81. The molecule has 0 aromatic heterocycles. The van der Waals surface area contributed by atoms with Crippen molar-refractivity contribution in [1.29, 1.82) is 0 Å². The molecule has 0 saturated carbocycles. The van der Waals surface area contributed by atoms with Crippen LogP contribution < -0.4 is 0 Å². The number of hydrogen-bond donors (Lipinski definition) is 1. The Hall–Kier alpha value is -0.900. The van der Waals surface area contributed by atoms with Gasteiger partial charge >= 0.3 is 0 Å². The van der Waals surface area contributed by atoms with E-state index in [0.717, 1.165) is 32.7 Å². The molecule has 0 bridgehead atoms. The molecule has 100 valence electrons. The highest BCUT2D eigenvalue weighted by atomic mass is 16.3. The summed E-state index contributed by atoms with van der Waals surface area (Å²) in [4.78, 5) is 4.91. The highest BCUT2D eigenvalue weighted by molar-refractivity contribution is 5.14. The van der Waals surface area contributed by atoms with Crippen LogP contribution in [0.4, 0.5) is 0 Å². The summed E-state index contributed by atoms with van der Waals surface area (Å²) in [6.45, 7) is 7.67. The van der Waals surface area contributed by atoms with Crippen LogP contribution in [0.2, 0.25) is 0 Å². The Morgan fingerprint density at radius 2 is 2.11 bits per heavy atom. The number of aliphatic hydroxyl groups excluding tert-OH is 1. The Morgan fingerprint density at radius 3 is 2.78 bits per heavy atom. The van der Waals surface area contributed by atoms with Crippen LogP contribution >= 0.6 is 0 Å². The molecule has 1 aromatic carbocycles. The molecule has 1 aliphatic rings. The molecule has 1 atom stereocenters. The van der Waals surface area contributed by atoms with Crippen LogP contribution in [-0.4, -0.2) is 53.7 Å². The van der Waals surface area contributed by atoms with E-state index in [-0.39, 0.29) is 6.61 Å². The minimum Gasteiger partial charge on any atom is -0.395 e. The third kappa shape index (κ3) is 3.55. The van der Waals surface area contributed by atoms with E-state index in [1.165, 1.54) is 12.0 Å². The quantitative estimate of drug-likeness (QED) is 0.828. The molecule has 1 N–H and O–H groups in total. The summed E-state index contributed by atoms with van der Waals surface area (Å²) in [5, 5.41) is 8.99. The number of hydrogen-bond acceptors (Lipinski definition) is 3. The van der Waals surface area contributed by atoms with Gasteiger partial charge in [0.15, 0.2) is 0 Å². The van der Waals surface area contributed by atoms with E-state index < -0.39 is 0 Å². The predicted octanol–water partition coefficient (Wildman–Crippen LogP) is 1.58. The van der Waals surface area contributed by atoms with Gasteiger partial charge in [0.05, 0.1) is 6.61 Å². The number of nitrogens with zero attached hydrogens (tertiary/aromatic N) is 2. The maximum absolute atomic E-state index is 8.99. The van der Waals surface area contributed by atoms with Crippen LogP contribution in [0.5, 0.6) is 0 Å². The first-order valence-corrected chi connectivity index (χ1v) is 6.94. The normalized spacial score (nSPS) is 20.7. The fourth-order valence-corrected chi connectivity index (χ4v) is 2.77. The van der Waals surface area contributed by atoms with Gasteiger partial charge in [-0.2, -0.15) is 0 Å². The molecule has 1 fully saturated rings. The molecular formula is C15H24N2O. The van der Waals surface area contributed by atoms with E-state index in [1.807, 2.05) is 0 Å². The average Bonchev–Trinajstić information content (AvgIpc) is 2.86. The smallest absolute Gasteiger partial charge is 0.0558 e. The molecule has 1 unspecified atom stereocenters. The molecule has 1 saturated heterocycles. The van der Waals surface area contributed by atoms with Crippen molar-refractivity contribution in [3.8, 4) is 0 Å². The number of aliphatic hydroxyl groups is 1. The van der Waals surface area contributed by atoms with E-state index in [2.05, 4.69) is 47.1 Å². The van der Waals surface area contributed by atoms with Gasteiger partial charge in [-0.05, 0) is 25.1 Å². The SMILES string of the molecule is CCN(Cc1ccccc1)C1CCN(CCO)C1. The van der Waals surface area contributed by atoms with Crippen LogP contribution in [0.1, 0.15) is 18.9 Å². The van der Waals surface area contributed by atoms with Gasteiger partial charge in [-0.3, -0.25) is 9.80 Å². The Kier molecular flexibility index (Phi) is 5.17. The van der Waals surface area contributed by atoms with Crippen molar-refractivity contribution in [2.45, 2.75) is 25.9 Å². The zero-order valence-corrected chi connectivity index (χ0v) is 11.3. The van der Waals surface area contributed by atoms with Gasteiger partial charge in [0.1, 0.15) is 0 Å². The first kappa shape index (κ1) is 13.5. The van der Waals surface area contributed by atoms with Gasteiger partial charge in [-0.1, -0.05) is 37.3 Å². The van der Waals surface area contributed by atoms with Crippen LogP contribution in [0, 0.1) is 0 Å². The summed E-state index contributed by atoms with van der Waals surface area (Å²) >= 11 is 0. The monoisotopic (exact) mass is 248 g/mol. The minimum absolute atomic E-state index is 0.275. The number of likely N-dealkylation sites (N-methyl/N-ethyl adjacent to an activating group) is 1. The maximum atomic E-state index is 8.99. The van der Waals surface area contributed by atoms with Crippen LogP contribution in [-0.2, 0) is 6.54 Å². The molecule has 18 heavy (non-hydrogen) atoms. The minimum atomic E-state index is 0.275.